The van der Waals surface area contributed by atoms with Crippen molar-refractivity contribution in [2.45, 2.75) is 52.1 Å². The van der Waals surface area contributed by atoms with Crippen LogP contribution in [0.4, 0.5) is 4.39 Å². The summed E-state index contributed by atoms with van der Waals surface area (Å²) in [6.07, 6.45) is 3.04. The third-order valence-corrected chi connectivity index (χ3v) is 8.05. The summed E-state index contributed by atoms with van der Waals surface area (Å²) in [5, 5.41) is 9.16. The Bertz CT molecular complexity index is 1580. The molecular weight excluding hydrogens is 495 g/mol. The Morgan fingerprint density at radius 1 is 1.15 bits per heavy atom. The van der Waals surface area contributed by atoms with E-state index in [0.29, 0.717) is 30.1 Å². The number of ether oxygens (including phenoxy) is 2. The van der Waals surface area contributed by atoms with Crippen LogP contribution in [0.15, 0.2) is 48.7 Å². The van der Waals surface area contributed by atoms with E-state index >= 15 is 4.39 Å². The summed E-state index contributed by atoms with van der Waals surface area (Å²) >= 11 is 0. The fourth-order valence-electron chi connectivity index (χ4n) is 6.13. The number of carbonyl (C=O) groups is 1. The highest BCUT2D eigenvalue weighted by Crippen LogP contribution is 2.45. The van der Waals surface area contributed by atoms with E-state index in [1.54, 1.807) is 12.1 Å². The molecule has 0 fully saturated rings. The molecule has 200 valence electrons. The van der Waals surface area contributed by atoms with Crippen molar-refractivity contribution < 1.29 is 23.8 Å². The number of aliphatic carboxylic acids is 1. The van der Waals surface area contributed by atoms with Gasteiger partial charge in [-0.3, -0.25) is 4.79 Å². The lowest BCUT2D eigenvalue weighted by atomic mass is 9.88. The maximum Gasteiger partial charge on any atom is 0.304 e. The number of aromatic nitrogens is 2. The largest absolute Gasteiger partial charge is 0.492 e. The van der Waals surface area contributed by atoms with Crippen molar-refractivity contribution in [3.63, 3.8) is 0 Å². The molecule has 6 nitrogen and oxygen atoms in total. The third kappa shape index (κ3) is 4.46. The minimum atomic E-state index is -0.849. The second-order valence-electron chi connectivity index (χ2n) is 10.7. The molecule has 1 aliphatic heterocycles. The summed E-state index contributed by atoms with van der Waals surface area (Å²) < 4.78 is 29.4. The molecule has 2 atom stereocenters. The van der Waals surface area contributed by atoms with Crippen LogP contribution in [-0.4, -0.2) is 27.2 Å². The molecule has 4 aromatic rings. The number of benzene rings is 3. The van der Waals surface area contributed by atoms with E-state index in [4.69, 9.17) is 14.6 Å². The van der Waals surface area contributed by atoms with Crippen LogP contribution in [0.1, 0.15) is 58.5 Å². The molecule has 3 aromatic carbocycles. The number of carboxylic acid groups (broad SMARTS) is 1. The van der Waals surface area contributed by atoms with Gasteiger partial charge >= 0.3 is 5.97 Å². The van der Waals surface area contributed by atoms with Crippen molar-refractivity contribution in [2.24, 2.45) is 7.05 Å². The maximum atomic E-state index is 15.3. The quantitative estimate of drug-likeness (QED) is 0.298. The van der Waals surface area contributed by atoms with Crippen molar-refractivity contribution in [3.8, 4) is 33.9 Å². The Morgan fingerprint density at radius 3 is 2.62 bits per heavy atom. The van der Waals surface area contributed by atoms with Crippen LogP contribution in [0, 0.1) is 26.6 Å². The molecule has 2 unspecified atom stereocenters. The number of aryl methyl sites for hydroxylation is 4. The zero-order chi connectivity index (χ0) is 27.4. The van der Waals surface area contributed by atoms with Gasteiger partial charge < -0.3 is 19.1 Å². The first kappa shape index (κ1) is 25.2. The summed E-state index contributed by atoms with van der Waals surface area (Å²) in [5.74, 6) is 0.916. The molecule has 0 amide bonds. The molecule has 0 radical (unpaired) electrons. The minimum absolute atomic E-state index is 0.0263. The Labute approximate surface area is 227 Å². The zero-order valence-electron chi connectivity index (χ0n) is 22.5. The van der Waals surface area contributed by atoms with Crippen molar-refractivity contribution in [1.29, 1.82) is 0 Å². The average molecular weight is 527 g/mol. The summed E-state index contributed by atoms with van der Waals surface area (Å²) in [6, 6.07) is 13.2. The van der Waals surface area contributed by atoms with Crippen LogP contribution < -0.4 is 9.47 Å². The van der Waals surface area contributed by atoms with Gasteiger partial charge in [0, 0.05) is 41.9 Å². The first-order chi connectivity index (χ1) is 18.7. The highest BCUT2D eigenvalue weighted by atomic mass is 19.1. The van der Waals surface area contributed by atoms with E-state index in [1.165, 1.54) is 0 Å². The van der Waals surface area contributed by atoms with E-state index in [-0.39, 0.29) is 18.2 Å². The molecule has 0 saturated heterocycles. The van der Waals surface area contributed by atoms with Gasteiger partial charge in [0.15, 0.2) is 0 Å². The second kappa shape index (κ2) is 9.56. The SMILES string of the molecule is Cc1cc(-c2cn(C)c(C)n2)cc(C)c1-c1ccc(F)c2c1CCC2Oc1ccc2c(c1)OCC2CC(=O)O. The predicted octanol–water partition coefficient (Wildman–Crippen LogP) is 6.84. The number of hydrogen-bond donors (Lipinski definition) is 1. The fraction of sp³-hybridized carbons (Fsp3) is 0.312. The topological polar surface area (TPSA) is 73.6 Å². The van der Waals surface area contributed by atoms with Gasteiger partial charge in [-0.2, -0.15) is 0 Å². The molecule has 1 aliphatic carbocycles. The highest BCUT2D eigenvalue weighted by Gasteiger charge is 2.32. The van der Waals surface area contributed by atoms with Gasteiger partial charge in [0.2, 0.25) is 0 Å². The van der Waals surface area contributed by atoms with Crippen LogP contribution in [-0.2, 0) is 18.3 Å². The van der Waals surface area contributed by atoms with Crippen LogP contribution in [0.3, 0.4) is 0 Å². The standard InChI is InChI=1S/C32H31FN2O4/c1-17-11-20(27-15-35(4)19(3)34-27)12-18(2)31(17)24-7-9-26(33)32-25(24)8-10-28(32)39-22-5-6-23-21(13-30(36)37)16-38-29(23)14-22/h5-7,9,11-12,14-15,21,28H,8,10,13,16H2,1-4H3,(H,36,37). The predicted molar refractivity (Wildman–Crippen MR) is 147 cm³/mol. The van der Waals surface area contributed by atoms with Crippen LogP contribution in [0.5, 0.6) is 11.5 Å². The van der Waals surface area contributed by atoms with Gasteiger partial charge in [-0.25, -0.2) is 9.37 Å². The van der Waals surface area contributed by atoms with Crippen LogP contribution in [0.2, 0.25) is 0 Å². The molecule has 2 heterocycles. The lowest BCUT2D eigenvalue weighted by Crippen LogP contribution is -2.07. The fourth-order valence-corrected chi connectivity index (χ4v) is 6.13. The number of nitrogens with zero attached hydrogens (tertiary/aromatic N) is 2. The molecule has 1 aromatic heterocycles. The average Bonchev–Trinajstić information content (AvgIpc) is 3.58. The van der Waals surface area contributed by atoms with Gasteiger partial charge in [-0.1, -0.05) is 12.1 Å². The number of rotatable bonds is 6. The van der Waals surface area contributed by atoms with Crippen LogP contribution in [0.25, 0.3) is 22.4 Å². The Hall–Kier alpha value is -4.13. The maximum absolute atomic E-state index is 15.3. The molecule has 6 rings (SSSR count). The number of hydrogen-bond acceptors (Lipinski definition) is 4. The van der Waals surface area contributed by atoms with Crippen LogP contribution >= 0.6 is 0 Å². The second-order valence-corrected chi connectivity index (χ2v) is 10.7. The lowest BCUT2D eigenvalue weighted by molar-refractivity contribution is -0.137. The summed E-state index contributed by atoms with van der Waals surface area (Å²) in [5.41, 5.74) is 8.91. The molecule has 7 heteroatoms. The van der Waals surface area contributed by atoms with Crippen molar-refractivity contribution in [3.05, 3.63) is 88.1 Å². The lowest BCUT2D eigenvalue weighted by Gasteiger charge is -2.19. The first-order valence-corrected chi connectivity index (χ1v) is 13.3. The van der Waals surface area contributed by atoms with E-state index in [2.05, 4.69) is 31.0 Å². The minimum Gasteiger partial charge on any atom is -0.492 e. The zero-order valence-corrected chi connectivity index (χ0v) is 22.5. The number of imidazole rings is 1. The Balaban J connectivity index is 1.31. The molecule has 1 N–H and O–H groups in total. The van der Waals surface area contributed by atoms with Gasteiger partial charge in [-0.15, -0.1) is 0 Å². The highest BCUT2D eigenvalue weighted by molar-refractivity contribution is 5.79. The summed E-state index contributed by atoms with van der Waals surface area (Å²) in [6.45, 7) is 6.53. The molecule has 0 spiro atoms. The number of fused-ring (bicyclic) bond motifs is 2. The molecule has 2 aliphatic rings. The van der Waals surface area contributed by atoms with E-state index in [9.17, 15) is 4.79 Å². The molecule has 0 saturated carbocycles. The normalized spacial score (nSPS) is 17.6. The van der Waals surface area contributed by atoms with E-state index in [1.807, 2.05) is 42.9 Å². The van der Waals surface area contributed by atoms with Crippen molar-refractivity contribution in [2.75, 3.05) is 6.61 Å². The molecule has 39 heavy (non-hydrogen) atoms. The van der Waals surface area contributed by atoms with Crippen molar-refractivity contribution >= 4 is 5.97 Å². The number of carboxylic acids is 1. The summed E-state index contributed by atoms with van der Waals surface area (Å²) in [4.78, 5) is 15.8. The van der Waals surface area contributed by atoms with Gasteiger partial charge in [-0.05, 0) is 85.7 Å². The summed E-state index contributed by atoms with van der Waals surface area (Å²) in [7, 11) is 1.99. The van der Waals surface area contributed by atoms with E-state index in [0.717, 1.165) is 56.9 Å². The van der Waals surface area contributed by atoms with Gasteiger partial charge in [0.05, 0.1) is 18.7 Å². The number of halogens is 1. The van der Waals surface area contributed by atoms with Gasteiger partial charge in [0.25, 0.3) is 0 Å². The molecular formula is C32H31FN2O4. The van der Waals surface area contributed by atoms with Crippen molar-refractivity contribution in [1.82, 2.24) is 9.55 Å². The Kier molecular flexibility index (Phi) is 6.17. The Morgan fingerprint density at radius 2 is 1.92 bits per heavy atom. The smallest absolute Gasteiger partial charge is 0.304 e. The molecule has 0 bridgehead atoms. The monoisotopic (exact) mass is 526 g/mol. The van der Waals surface area contributed by atoms with E-state index < -0.39 is 12.1 Å². The van der Waals surface area contributed by atoms with Gasteiger partial charge in [0.1, 0.15) is 29.2 Å². The first-order valence-electron chi connectivity index (χ1n) is 13.3. The third-order valence-electron chi connectivity index (χ3n) is 8.05.